The van der Waals surface area contributed by atoms with E-state index in [0.29, 0.717) is 5.69 Å². The molecule has 4 aromatic heterocycles. The van der Waals surface area contributed by atoms with Gasteiger partial charge in [0, 0.05) is 36.3 Å². The summed E-state index contributed by atoms with van der Waals surface area (Å²) in [5.41, 5.74) is 5.19. The summed E-state index contributed by atoms with van der Waals surface area (Å²) in [5.74, 6) is -1.18. The summed E-state index contributed by atoms with van der Waals surface area (Å²) in [5, 5.41) is 17.6. The molecular formula is C22H16N6O4. The quantitative estimate of drug-likeness (QED) is 0.332. The molecular weight excluding hydrogens is 412 g/mol. The smallest absolute Gasteiger partial charge is 0.395 e. The zero-order chi connectivity index (χ0) is 22.2. The largest absolute Gasteiger partial charge is 0.433 e. The summed E-state index contributed by atoms with van der Waals surface area (Å²) in [6.45, 7) is 0. The van der Waals surface area contributed by atoms with E-state index in [1.54, 1.807) is 23.0 Å². The van der Waals surface area contributed by atoms with E-state index >= 15 is 0 Å². The van der Waals surface area contributed by atoms with Crippen LogP contribution in [-0.4, -0.2) is 30.0 Å². The Balaban J connectivity index is 1.36. The number of pyridine rings is 1. The number of nitro groups is 1. The minimum absolute atomic E-state index is 0.132. The molecule has 0 unspecified atom stereocenters. The number of carbonyl (C=O) groups is 1. The molecule has 0 aliphatic heterocycles. The van der Waals surface area contributed by atoms with Gasteiger partial charge in [0.15, 0.2) is 5.76 Å². The third kappa shape index (κ3) is 3.49. The summed E-state index contributed by atoms with van der Waals surface area (Å²) in [6, 6.07) is 13.6. The molecule has 0 atom stereocenters. The van der Waals surface area contributed by atoms with Crippen molar-refractivity contribution in [2.24, 2.45) is 7.05 Å². The lowest BCUT2D eigenvalue weighted by Crippen LogP contribution is -2.10. The number of imidazole rings is 1. The number of aromatic nitrogens is 4. The highest BCUT2D eigenvalue weighted by molar-refractivity contribution is 6.02. The second-order valence-electron chi connectivity index (χ2n) is 7.12. The van der Waals surface area contributed by atoms with Gasteiger partial charge in [-0.1, -0.05) is 12.1 Å². The monoisotopic (exact) mass is 428 g/mol. The minimum Gasteiger partial charge on any atom is -0.395 e. The van der Waals surface area contributed by atoms with E-state index in [1.807, 2.05) is 54.3 Å². The van der Waals surface area contributed by atoms with E-state index in [0.717, 1.165) is 34.1 Å². The Morgan fingerprint density at radius 3 is 2.56 bits per heavy atom. The fourth-order valence-electron chi connectivity index (χ4n) is 3.41. The maximum Gasteiger partial charge on any atom is 0.433 e. The molecule has 0 fully saturated rings. The van der Waals surface area contributed by atoms with Crippen molar-refractivity contribution in [3.63, 3.8) is 0 Å². The SMILES string of the molecule is Cn1cc(-c2ccn3c(-c4ccc(NC(=O)c5ccc([N+](=O)[O-])o5)cc4)cnc3c2)cn1. The highest BCUT2D eigenvalue weighted by Crippen LogP contribution is 2.26. The van der Waals surface area contributed by atoms with Gasteiger partial charge in [-0.05, 0) is 35.9 Å². The molecule has 0 bridgehead atoms. The number of hydrogen-bond acceptors (Lipinski definition) is 6. The second-order valence-corrected chi connectivity index (χ2v) is 7.12. The number of aryl methyl sites for hydroxylation is 1. The molecule has 10 nitrogen and oxygen atoms in total. The third-order valence-electron chi connectivity index (χ3n) is 4.99. The Bertz CT molecular complexity index is 1460. The van der Waals surface area contributed by atoms with Crippen molar-refractivity contribution in [2.45, 2.75) is 0 Å². The van der Waals surface area contributed by atoms with Crippen LogP contribution in [0.1, 0.15) is 10.6 Å². The van der Waals surface area contributed by atoms with Crippen LogP contribution in [0.5, 0.6) is 0 Å². The lowest BCUT2D eigenvalue weighted by atomic mass is 10.1. The molecule has 0 radical (unpaired) electrons. The van der Waals surface area contributed by atoms with Crippen molar-refractivity contribution < 1.29 is 14.1 Å². The summed E-state index contributed by atoms with van der Waals surface area (Å²) < 4.78 is 8.66. The molecule has 4 heterocycles. The van der Waals surface area contributed by atoms with Crippen molar-refractivity contribution in [3.8, 4) is 22.4 Å². The van der Waals surface area contributed by atoms with Gasteiger partial charge in [0.1, 0.15) is 10.6 Å². The molecule has 5 rings (SSSR count). The number of nitrogens with zero attached hydrogens (tertiary/aromatic N) is 5. The highest BCUT2D eigenvalue weighted by atomic mass is 16.6. The molecule has 0 saturated heterocycles. The maximum atomic E-state index is 12.2. The number of furan rings is 1. The van der Waals surface area contributed by atoms with E-state index < -0.39 is 16.7 Å². The first-order chi connectivity index (χ1) is 15.5. The Labute approximate surface area is 180 Å². The third-order valence-corrected chi connectivity index (χ3v) is 4.99. The molecule has 32 heavy (non-hydrogen) atoms. The number of fused-ring (bicyclic) bond motifs is 1. The number of amides is 1. The molecule has 1 amide bonds. The van der Waals surface area contributed by atoms with Gasteiger partial charge in [0.05, 0.1) is 24.2 Å². The molecule has 158 valence electrons. The molecule has 1 aromatic carbocycles. The van der Waals surface area contributed by atoms with E-state index in [-0.39, 0.29) is 5.76 Å². The first kappa shape index (κ1) is 19.2. The molecule has 0 aliphatic rings. The van der Waals surface area contributed by atoms with Gasteiger partial charge in [-0.3, -0.25) is 24.0 Å². The topological polar surface area (TPSA) is 120 Å². The normalized spacial score (nSPS) is 11.0. The van der Waals surface area contributed by atoms with E-state index in [1.165, 1.54) is 6.07 Å². The van der Waals surface area contributed by atoms with Crippen molar-refractivity contribution in [3.05, 3.63) is 89.2 Å². The van der Waals surface area contributed by atoms with Crippen LogP contribution < -0.4 is 5.32 Å². The summed E-state index contributed by atoms with van der Waals surface area (Å²) in [4.78, 5) is 26.8. The van der Waals surface area contributed by atoms with Gasteiger partial charge >= 0.3 is 5.88 Å². The zero-order valence-electron chi connectivity index (χ0n) is 16.8. The first-order valence-corrected chi connectivity index (χ1v) is 9.60. The fraction of sp³-hybridized carbons (Fsp3) is 0.0455. The van der Waals surface area contributed by atoms with E-state index in [4.69, 9.17) is 4.42 Å². The molecule has 0 saturated carbocycles. The molecule has 5 aromatic rings. The van der Waals surface area contributed by atoms with Crippen LogP contribution in [-0.2, 0) is 7.05 Å². The van der Waals surface area contributed by atoms with Gasteiger partial charge in [-0.25, -0.2) is 4.98 Å². The first-order valence-electron chi connectivity index (χ1n) is 9.60. The van der Waals surface area contributed by atoms with Crippen LogP contribution in [0.4, 0.5) is 11.6 Å². The van der Waals surface area contributed by atoms with Crippen LogP contribution >= 0.6 is 0 Å². The van der Waals surface area contributed by atoms with Gasteiger partial charge < -0.3 is 9.73 Å². The van der Waals surface area contributed by atoms with Crippen molar-refractivity contribution >= 4 is 23.1 Å². The number of rotatable bonds is 5. The van der Waals surface area contributed by atoms with Crippen LogP contribution in [0, 0.1) is 10.1 Å². The van der Waals surface area contributed by atoms with Crippen LogP contribution in [0.3, 0.4) is 0 Å². The Morgan fingerprint density at radius 2 is 1.88 bits per heavy atom. The maximum absolute atomic E-state index is 12.2. The predicted molar refractivity (Wildman–Crippen MR) is 116 cm³/mol. The standard InChI is InChI=1S/C22H16N6O4/c1-26-13-16(11-24-26)15-8-9-27-18(12-23-20(27)10-15)14-2-4-17(5-3-14)25-22(29)19-6-7-21(32-19)28(30)31/h2-13H,1H3,(H,25,29). The van der Waals surface area contributed by atoms with Crippen molar-refractivity contribution in [1.82, 2.24) is 19.2 Å². The average Bonchev–Trinajstić information content (AvgIpc) is 3.53. The predicted octanol–water partition coefficient (Wildman–Crippen LogP) is 4.16. The summed E-state index contributed by atoms with van der Waals surface area (Å²) in [6.07, 6.45) is 7.50. The zero-order valence-corrected chi connectivity index (χ0v) is 16.8. The van der Waals surface area contributed by atoms with Gasteiger partial charge in [0.25, 0.3) is 5.91 Å². The second kappa shape index (κ2) is 7.51. The Morgan fingerprint density at radius 1 is 1.06 bits per heavy atom. The van der Waals surface area contributed by atoms with Gasteiger partial charge in [0.2, 0.25) is 0 Å². The van der Waals surface area contributed by atoms with Crippen LogP contribution in [0.25, 0.3) is 28.0 Å². The molecule has 0 spiro atoms. The highest BCUT2D eigenvalue weighted by Gasteiger charge is 2.17. The van der Waals surface area contributed by atoms with E-state index in [2.05, 4.69) is 15.4 Å². The van der Waals surface area contributed by atoms with Crippen molar-refractivity contribution in [1.29, 1.82) is 0 Å². The minimum atomic E-state index is -0.693. The number of anilines is 1. The lowest BCUT2D eigenvalue weighted by Gasteiger charge is -2.06. The summed E-state index contributed by atoms with van der Waals surface area (Å²) in [7, 11) is 1.88. The number of nitrogens with one attached hydrogen (secondary N) is 1. The van der Waals surface area contributed by atoms with Gasteiger partial charge in [-0.2, -0.15) is 5.10 Å². The summed E-state index contributed by atoms with van der Waals surface area (Å²) >= 11 is 0. The number of carbonyl (C=O) groups excluding carboxylic acids is 1. The fourth-order valence-corrected chi connectivity index (χ4v) is 3.41. The average molecular weight is 428 g/mol. The molecule has 1 N–H and O–H groups in total. The Hall–Kier alpha value is -4.73. The van der Waals surface area contributed by atoms with Crippen molar-refractivity contribution in [2.75, 3.05) is 5.32 Å². The number of hydrogen-bond donors (Lipinski definition) is 1. The Kier molecular flexibility index (Phi) is 4.52. The number of benzene rings is 1. The molecule has 0 aliphatic carbocycles. The molecule has 10 heteroatoms. The lowest BCUT2D eigenvalue weighted by molar-refractivity contribution is -0.402. The van der Waals surface area contributed by atoms with Crippen LogP contribution in [0.15, 0.2) is 77.7 Å². The van der Waals surface area contributed by atoms with Gasteiger partial charge in [-0.15, -0.1) is 0 Å². The van der Waals surface area contributed by atoms with E-state index in [9.17, 15) is 14.9 Å². The van der Waals surface area contributed by atoms with Crippen LogP contribution in [0.2, 0.25) is 0 Å².